The van der Waals surface area contributed by atoms with Crippen molar-refractivity contribution in [1.82, 2.24) is 15.5 Å². The Hall–Kier alpha value is -2.68. The maximum Gasteiger partial charge on any atom is 0.319 e. The van der Waals surface area contributed by atoms with Gasteiger partial charge in [-0.1, -0.05) is 25.1 Å². The molecule has 0 radical (unpaired) electrons. The quantitative estimate of drug-likeness (QED) is 0.406. The second-order valence-corrected chi connectivity index (χ2v) is 10.4. The molecule has 6 nitrogen and oxygen atoms in total. The summed E-state index contributed by atoms with van der Waals surface area (Å²) in [6.07, 6.45) is 2.38. The van der Waals surface area contributed by atoms with Crippen molar-refractivity contribution in [3.63, 3.8) is 0 Å². The maximum absolute atomic E-state index is 12.6. The topological polar surface area (TPSA) is 73.5 Å². The molecule has 3 amide bonds. The number of hydrogen-bond donors (Lipinski definition) is 3. The molecule has 3 N–H and O–H groups in total. The van der Waals surface area contributed by atoms with Gasteiger partial charge in [0.15, 0.2) is 0 Å². The van der Waals surface area contributed by atoms with Crippen molar-refractivity contribution in [2.45, 2.75) is 32.4 Å². The SMILES string of the molecule is CC1CCN(C(CNC(=O)Nc2cccc(C(=O)NCc3cccs3)c2)c2cccs2)CC1. The van der Waals surface area contributed by atoms with Crippen molar-refractivity contribution in [2.75, 3.05) is 25.0 Å². The Balaban J connectivity index is 1.32. The fourth-order valence-electron chi connectivity index (χ4n) is 4.02. The molecule has 174 valence electrons. The number of piperidine rings is 1. The normalized spacial score (nSPS) is 15.7. The number of anilines is 1. The number of thiophene rings is 2. The highest BCUT2D eigenvalue weighted by Crippen LogP contribution is 2.29. The molecular weight excluding hydrogens is 452 g/mol. The Kier molecular flexibility index (Phi) is 8.15. The van der Waals surface area contributed by atoms with E-state index in [0.29, 0.717) is 24.3 Å². The van der Waals surface area contributed by atoms with E-state index in [9.17, 15) is 9.59 Å². The molecule has 0 aliphatic carbocycles. The molecule has 1 aliphatic rings. The Morgan fingerprint density at radius 1 is 1.03 bits per heavy atom. The van der Waals surface area contributed by atoms with Gasteiger partial charge in [0, 0.05) is 27.5 Å². The second-order valence-electron chi connectivity index (χ2n) is 8.43. The van der Waals surface area contributed by atoms with Gasteiger partial charge in [-0.25, -0.2) is 4.79 Å². The first-order valence-corrected chi connectivity index (χ1v) is 13.1. The minimum Gasteiger partial charge on any atom is -0.347 e. The number of urea groups is 1. The molecule has 0 spiro atoms. The van der Waals surface area contributed by atoms with E-state index in [1.165, 1.54) is 17.7 Å². The number of nitrogens with zero attached hydrogens (tertiary/aromatic N) is 1. The summed E-state index contributed by atoms with van der Waals surface area (Å²) >= 11 is 3.34. The number of rotatable bonds is 8. The number of likely N-dealkylation sites (tertiary alicyclic amines) is 1. The van der Waals surface area contributed by atoms with Crippen molar-refractivity contribution < 1.29 is 9.59 Å². The molecule has 2 aromatic heterocycles. The van der Waals surface area contributed by atoms with Gasteiger partial charge in [0.1, 0.15) is 0 Å². The van der Waals surface area contributed by atoms with Crippen LogP contribution < -0.4 is 16.0 Å². The van der Waals surface area contributed by atoms with Gasteiger partial charge in [-0.05, 0) is 72.9 Å². The minimum absolute atomic E-state index is 0.162. The lowest BCUT2D eigenvalue weighted by molar-refractivity contribution is 0.0951. The van der Waals surface area contributed by atoms with Crippen LogP contribution in [-0.2, 0) is 6.54 Å². The molecule has 1 atom stereocenters. The third kappa shape index (κ3) is 6.66. The monoisotopic (exact) mass is 482 g/mol. The van der Waals surface area contributed by atoms with E-state index in [1.807, 2.05) is 17.5 Å². The highest BCUT2D eigenvalue weighted by molar-refractivity contribution is 7.10. The first-order chi connectivity index (χ1) is 16.1. The van der Waals surface area contributed by atoms with Crippen LogP contribution in [0.2, 0.25) is 0 Å². The zero-order chi connectivity index (χ0) is 23.0. The second kappa shape index (κ2) is 11.4. The van der Waals surface area contributed by atoms with Gasteiger partial charge in [0.05, 0.1) is 12.6 Å². The Bertz CT molecular complexity index is 1030. The lowest BCUT2D eigenvalue weighted by atomic mass is 9.97. The van der Waals surface area contributed by atoms with Crippen LogP contribution in [0.15, 0.2) is 59.3 Å². The molecule has 1 saturated heterocycles. The van der Waals surface area contributed by atoms with Crippen LogP contribution in [-0.4, -0.2) is 36.5 Å². The van der Waals surface area contributed by atoms with Gasteiger partial charge >= 0.3 is 6.03 Å². The molecule has 3 heterocycles. The smallest absolute Gasteiger partial charge is 0.319 e. The van der Waals surface area contributed by atoms with Gasteiger partial charge in [0.2, 0.25) is 0 Å². The van der Waals surface area contributed by atoms with Crippen molar-refractivity contribution in [3.8, 4) is 0 Å². The van der Waals surface area contributed by atoms with Crippen molar-refractivity contribution in [1.29, 1.82) is 0 Å². The van der Waals surface area contributed by atoms with Gasteiger partial charge in [-0.3, -0.25) is 9.69 Å². The molecular formula is C25H30N4O2S2. The van der Waals surface area contributed by atoms with Gasteiger partial charge in [-0.15, -0.1) is 22.7 Å². The van der Waals surface area contributed by atoms with Crippen LogP contribution in [0.3, 0.4) is 0 Å². The molecule has 1 aliphatic heterocycles. The first-order valence-electron chi connectivity index (χ1n) is 11.3. The largest absolute Gasteiger partial charge is 0.347 e. The van der Waals surface area contributed by atoms with Crippen molar-refractivity contribution >= 4 is 40.3 Å². The maximum atomic E-state index is 12.6. The van der Waals surface area contributed by atoms with Crippen LogP contribution in [0.4, 0.5) is 10.5 Å². The molecule has 1 fully saturated rings. The summed E-state index contributed by atoms with van der Waals surface area (Å²) in [5.74, 6) is 0.598. The molecule has 1 aromatic carbocycles. The summed E-state index contributed by atoms with van der Waals surface area (Å²) in [6, 6.07) is 15.1. The van der Waals surface area contributed by atoms with E-state index < -0.39 is 0 Å². The Morgan fingerprint density at radius 2 is 1.82 bits per heavy atom. The third-order valence-corrected chi connectivity index (χ3v) is 7.82. The van der Waals surface area contributed by atoms with Crippen LogP contribution in [0.25, 0.3) is 0 Å². The predicted molar refractivity (Wildman–Crippen MR) is 136 cm³/mol. The van der Waals surface area contributed by atoms with Gasteiger partial charge in [0.25, 0.3) is 5.91 Å². The summed E-state index contributed by atoms with van der Waals surface area (Å²) in [4.78, 5) is 30.0. The number of carbonyl (C=O) groups excluding carboxylic acids is 2. The van der Waals surface area contributed by atoms with E-state index in [1.54, 1.807) is 46.9 Å². The van der Waals surface area contributed by atoms with E-state index >= 15 is 0 Å². The highest BCUT2D eigenvalue weighted by atomic mass is 32.1. The number of hydrogen-bond acceptors (Lipinski definition) is 5. The van der Waals surface area contributed by atoms with Crippen LogP contribution in [0.1, 0.15) is 45.9 Å². The predicted octanol–water partition coefficient (Wildman–Crippen LogP) is 5.33. The molecule has 4 rings (SSSR count). The van der Waals surface area contributed by atoms with Crippen LogP contribution in [0.5, 0.6) is 0 Å². The highest BCUT2D eigenvalue weighted by Gasteiger charge is 2.25. The zero-order valence-electron chi connectivity index (χ0n) is 18.8. The molecule has 0 saturated carbocycles. The fraction of sp³-hybridized carbons (Fsp3) is 0.360. The van der Waals surface area contributed by atoms with Crippen LogP contribution in [0, 0.1) is 5.92 Å². The van der Waals surface area contributed by atoms with E-state index in [-0.39, 0.29) is 18.0 Å². The lowest BCUT2D eigenvalue weighted by Gasteiger charge is -2.36. The lowest BCUT2D eigenvalue weighted by Crippen LogP contribution is -2.42. The Labute approximate surface area is 203 Å². The fourth-order valence-corrected chi connectivity index (χ4v) is 5.52. The van der Waals surface area contributed by atoms with Crippen molar-refractivity contribution in [2.24, 2.45) is 5.92 Å². The van der Waals surface area contributed by atoms with Crippen LogP contribution >= 0.6 is 22.7 Å². The number of carbonyl (C=O) groups is 2. The van der Waals surface area contributed by atoms with E-state index in [2.05, 4.69) is 45.3 Å². The molecule has 3 aromatic rings. The average Bonchev–Trinajstić information content (AvgIpc) is 3.54. The molecule has 33 heavy (non-hydrogen) atoms. The molecule has 1 unspecified atom stereocenters. The standard InChI is InChI=1S/C25H30N4O2S2/c1-18-9-11-29(12-10-18)22(23-8-4-14-33-23)17-27-25(31)28-20-6-2-5-19(15-20)24(30)26-16-21-7-3-13-32-21/h2-8,13-15,18,22H,9-12,16-17H2,1H3,(H,26,30)(H2,27,28,31). The summed E-state index contributed by atoms with van der Waals surface area (Å²) in [5, 5.41) is 12.9. The van der Waals surface area contributed by atoms with E-state index in [0.717, 1.165) is 23.9 Å². The van der Waals surface area contributed by atoms with E-state index in [4.69, 9.17) is 0 Å². The number of nitrogens with one attached hydrogen (secondary N) is 3. The number of benzene rings is 1. The minimum atomic E-state index is -0.266. The summed E-state index contributed by atoms with van der Waals surface area (Å²) in [6.45, 7) is 5.45. The summed E-state index contributed by atoms with van der Waals surface area (Å²) in [5.41, 5.74) is 1.11. The zero-order valence-corrected chi connectivity index (χ0v) is 20.4. The first kappa shape index (κ1) is 23.5. The third-order valence-electron chi connectivity index (χ3n) is 5.97. The summed E-state index contributed by atoms with van der Waals surface area (Å²) in [7, 11) is 0. The summed E-state index contributed by atoms with van der Waals surface area (Å²) < 4.78 is 0. The van der Waals surface area contributed by atoms with Crippen molar-refractivity contribution in [3.05, 3.63) is 74.6 Å². The number of amides is 3. The Morgan fingerprint density at radius 3 is 2.55 bits per heavy atom. The molecule has 0 bridgehead atoms. The molecule has 8 heteroatoms. The van der Waals surface area contributed by atoms with Gasteiger partial charge < -0.3 is 16.0 Å². The van der Waals surface area contributed by atoms with Gasteiger partial charge in [-0.2, -0.15) is 0 Å². The average molecular weight is 483 g/mol.